The number of nitrogens with one attached hydrogen (secondary N) is 1. The van der Waals surface area contributed by atoms with Crippen LogP contribution >= 0.6 is 0 Å². The lowest BCUT2D eigenvalue weighted by molar-refractivity contribution is -0.125. The summed E-state index contributed by atoms with van der Waals surface area (Å²) in [6.07, 6.45) is 0. The summed E-state index contributed by atoms with van der Waals surface area (Å²) >= 11 is 0. The lowest BCUT2D eigenvalue weighted by Crippen LogP contribution is -2.46. The molecule has 0 saturated carbocycles. The Morgan fingerprint density at radius 1 is 1.03 bits per heavy atom. The van der Waals surface area contributed by atoms with Crippen molar-refractivity contribution in [3.63, 3.8) is 0 Å². The molecule has 0 spiro atoms. The Bertz CT molecular complexity index is 1150. The maximum Gasteiger partial charge on any atom is 0.341 e. The summed E-state index contributed by atoms with van der Waals surface area (Å²) in [5.74, 6) is -0.813. The number of hydrogen-bond acceptors (Lipinski definition) is 7. The third kappa shape index (κ3) is 4.47. The van der Waals surface area contributed by atoms with Crippen LogP contribution in [0, 0.1) is 0 Å². The second-order valence-electron chi connectivity index (χ2n) is 8.08. The molecule has 0 fully saturated rings. The number of benzene rings is 2. The van der Waals surface area contributed by atoms with Gasteiger partial charge in [-0.15, -0.1) is 0 Å². The van der Waals surface area contributed by atoms with Gasteiger partial charge in [-0.25, -0.2) is 17.5 Å². The molecule has 0 unspecified atom stereocenters. The number of esters is 1. The zero-order chi connectivity index (χ0) is 23.5. The van der Waals surface area contributed by atoms with Gasteiger partial charge in [0.15, 0.2) is 0 Å². The average Bonchev–Trinajstić information content (AvgIpc) is 2.95. The number of carbonyl (C=O) groups excluding carboxylic acids is 2. The molecule has 1 aliphatic rings. The first-order valence-corrected chi connectivity index (χ1v) is 11.5. The molecule has 1 N–H and O–H groups in total. The average molecular weight is 459 g/mol. The number of carbonyl (C=O) groups is 2. The van der Waals surface area contributed by atoms with Crippen LogP contribution in [0.1, 0.15) is 36.7 Å². The van der Waals surface area contributed by atoms with Crippen LogP contribution in [0.25, 0.3) is 4.91 Å². The monoisotopic (exact) mass is 458 g/mol. The van der Waals surface area contributed by atoms with Crippen molar-refractivity contribution in [3.8, 4) is 5.75 Å². The normalized spacial score (nSPS) is 15.6. The van der Waals surface area contributed by atoms with Crippen molar-refractivity contribution < 1.29 is 27.5 Å². The molecule has 1 aliphatic heterocycles. The fraction of sp³-hybridized carbons (Fsp3) is 0.304. The van der Waals surface area contributed by atoms with Gasteiger partial charge in [0.1, 0.15) is 28.5 Å². The summed E-state index contributed by atoms with van der Waals surface area (Å²) in [5.41, 5.74) is -0.240. The van der Waals surface area contributed by atoms with Gasteiger partial charge in [-0.3, -0.25) is 4.79 Å². The minimum Gasteiger partial charge on any atom is -0.491 e. The molecule has 170 valence electrons. The summed E-state index contributed by atoms with van der Waals surface area (Å²) < 4.78 is 37.9. The third-order valence-corrected chi connectivity index (χ3v) is 6.87. The second-order valence-corrected chi connectivity index (χ2v) is 9.80. The third-order valence-electron chi connectivity index (χ3n) is 4.72. The Hall–Kier alpha value is -3.33. The topological polar surface area (TPSA) is 102 Å². The lowest BCUT2D eigenvalue weighted by Gasteiger charge is -2.30. The zero-order valence-corrected chi connectivity index (χ0v) is 19.2. The summed E-state index contributed by atoms with van der Waals surface area (Å²) in [6, 6.07) is 15.1. The summed E-state index contributed by atoms with van der Waals surface area (Å²) in [6.45, 7) is 5.23. The Morgan fingerprint density at radius 3 is 2.28 bits per heavy atom. The smallest absolute Gasteiger partial charge is 0.341 e. The summed E-state index contributed by atoms with van der Waals surface area (Å²) in [4.78, 5) is 24.9. The molecule has 3 rings (SSSR count). The van der Waals surface area contributed by atoms with Crippen molar-refractivity contribution in [3.05, 3.63) is 71.4 Å². The molecule has 2 aromatic carbocycles. The molecule has 9 heteroatoms. The van der Waals surface area contributed by atoms with Gasteiger partial charge in [0.05, 0.1) is 12.6 Å². The lowest BCUT2D eigenvalue weighted by atomic mass is 10.1. The largest absolute Gasteiger partial charge is 0.491 e. The molecule has 0 aliphatic carbocycles. The number of rotatable bonds is 7. The molecular weight excluding hydrogens is 432 g/mol. The SMILES string of the molecule is COC(=O)c1ccccc1OCCNC1=C(c2ccccc2)S(=O)(=O)N(C(C)(C)C)C1=O. The van der Waals surface area contributed by atoms with Gasteiger partial charge in [0, 0.05) is 6.54 Å². The predicted molar refractivity (Wildman–Crippen MR) is 120 cm³/mol. The van der Waals surface area contributed by atoms with Crippen molar-refractivity contribution >= 4 is 26.8 Å². The highest BCUT2D eigenvalue weighted by molar-refractivity contribution is 7.99. The van der Waals surface area contributed by atoms with Crippen LogP contribution in [0.5, 0.6) is 5.75 Å². The van der Waals surface area contributed by atoms with Gasteiger partial charge in [0.2, 0.25) is 0 Å². The highest BCUT2D eigenvalue weighted by Gasteiger charge is 2.49. The quantitative estimate of drug-likeness (QED) is 0.503. The number of nitrogens with zero attached hydrogens (tertiary/aromatic N) is 1. The van der Waals surface area contributed by atoms with Gasteiger partial charge < -0.3 is 14.8 Å². The Morgan fingerprint density at radius 2 is 1.66 bits per heavy atom. The zero-order valence-electron chi connectivity index (χ0n) is 18.4. The Labute approximate surface area is 187 Å². The first kappa shape index (κ1) is 23.3. The van der Waals surface area contributed by atoms with Crippen molar-refractivity contribution in [2.24, 2.45) is 0 Å². The van der Waals surface area contributed by atoms with E-state index < -0.39 is 27.4 Å². The number of para-hydroxylation sites is 1. The van der Waals surface area contributed by atoms with E-state index in [1.165, 1.54) is 7.11 Å². The highest BCUT2D eigenvalue weighted by Crippen LogP contribution is 2.38. The molecule has 32 heavy (non-hydrogen) atoms. The van der Waals surface area contributed by atoms with Gasteiger partial charge in [-0.2, -0.15) is 0 Å². The van der Waals surface area contributed by atoms with Crippen LogP contribution in [0.4, 0.5) is 0 Å². The first-order valence-electron chi connectivity index (χ1n) is 10.0. The highest BCUT2D eigenvalue weighted by atomic mass is 32.2. The van der Waals surface area contributed by atoms with Crippen LogP contribution in [-0.2, 0) is 19.6 Å². The number of amides is 1. The second kappa shape index (κ2) is 9.04. The van der Waals surface area contributed by atoms with E-state index in [0.717, 1.165) is 4.31 Å². The summed E-state index contributed by atoms with van der Waals surface area (Å²) in [7, 11) is -2.77. The minimum atomic E-state index is -4.05. The van der Waals surface area contributed by atoms with Crippen LogP contribution in [0.3, 0.4) is 0 Å². The van der Waals surface area contributed by atoms with Crippen molar-refractivity contribution in [1.29, 1.82) is 0 Å². The molecule has 1 heterocycles. The van der Waals surface area contributed by atoms with E-state index in [1.54, 1.807) is 75.4 Å². The van der Waals surface area contributed by atoms with E-state index in [4.69, 9.17) is 9.47 Å². The number of methoxy groups -OCH3 is 1. The number of hydrogen-bond donors (Lipinski definition) is 1. The maximum atomic E-state index is 13.3. The molecule has 2 aromatic rings. The summed E-state index contributed by atoms with van der Waals surface area (Å²) in [5, 5.41) is 2.94. The fourth-order valence-electron chi connectivity index (χ4n) is 3.44. The van der Waals surface area contributed by atoms with E-state index in [1.807, 2.05) is 0 Å². The molecule has 0 saturated heterocycles. The molecule has 0 atom stereocenters. The maximum absolute atomic E-state index is 13.3. The van der Waals surface area contributed by atoms with E-state index in [0.29, 0.717) is 11.3 Å². The Kier molecular flexibility index (Phi) is 6.59. The van der Waals surface area contributed by atoms with Crippen LogP contribution in [0.2, 0.25) is 0 Å². The van der Waals surface area contributed by atoms with Crippen LogP contribution in [-0.4, -0.2) is 50.4 Å². The van der Waals surface area contributed by atoms with Crippen molar-refractivity contribution in [1.82, 2.24) is 9.62 Å². The fourth-order valence-corrected chi connectivity index (χ4v) is 5.50. The Balaban J connectivity index is 1.85. The van der Waals surface area contributed by atoms with Crippen LogP contribution < -0.4 is 10.1 Å². The molecule has 8 nitrogen and oxygen atoms in total. The van der Waals surface area contributed by atoms with Crippen molar-refractivity contribution in [2.75, 3.05) is 20.3 Å². The number of sulfonamides is 1. The van der Waals surface area contributed by atoms with Crippen molar-refractivity contribution in [2.45, 2.75) is 26.3 Å². The van der Waals surface area contributed by atoms with Crippen LogP contribution in [0.15, 0.2) is 60.3 Å². The molecule has 1 amide bonds. The number of ether oxygens (including phenoxy) is 2. The van der Waals surface area contributed by atoms with E-state index >= 15 is 0 Å². The first-order chi connectivity index (χ1) is 15.1. The predicted octanol–water partition coefficient (Wildman–Crippen LogP) is 2.78. The molecule has 0 aromatic heterocycles. The standard InChI is InChI=1S/C23H26N2O6S/c1-23(2,3)25-21(26)19(20(32(25,28)29)16-10-6-5-7-11-16)24-14-15-31-18-13-9-8-12-17(18)22(27)30-4/h5-13,24H,14-15H2,1-4H3. The van der Waals surface area contributed by atoms with E-state index in [9.17, 15) is 18.0 Å². The molecular formula is C23H26N2O6S. The molecule has 0 radical (unpaired) electrons. The van der Waals surface area contributed by atoms with Gasteiger partial charge in [-0.05, 0) is 38.5 Å². The van der Waals surface area contributed by atoms with E-state index in [-0.39, 0.29) is 29.3 Å². The van der Waals surface area contributed by atoms with Gasteiger partial charge in [-0.1, -0.05) is 42.5 Å². The van der Waals surface area contributed by atoms with Gasteiger partial charge >= 0.3 is 5.97 Å². The molecule has 0 bridgehead atoms. The van der Waals surface area contributed by atoms with E-state index in [2.05, 4.69) is 5.32 Å². The van der Waals surface area contributed by atoms with Gasteiger partial charge in [0.25, 0.3) is 15.9 Å². The minimum absolute atomic E-state index is 0.00372.